The predicted molar refractivity (Wildman–Crippen MR) is 60.2 cm³/mol. The highest BCUT2D eigenvalue weighted by Gasteiger charge is 2.24. The Morgan fingerprint density at radius 2 is 2.53 bits per heavy atom. The number of hydrogen-bond donors (Lipinski definition) is 1. The van der Waals surface area contributed by atoms with E-state index in [0.29, 0.717) is 12.1 Å². The van der Waals surface area contributed by atoms with Crippen LogP contribution in [0.15, 0.2) is 12.5 Å². The van der Waals surface area contributed by atoms with Crippen molar-refractivity contribution in [1.82, 2.24) is 14.9 Å². The van der Waals surface area contributed by atoms with Crippen LogP contribution in [0.5, 0.6) is 0 Å². The molecule has 1 aliphatic carbocycles. The highest BCUT2D eigenvalue weighted by atomic mass is 15.1. The van der Waals surface area contributed by atoms with Gasteiger partial charge < -0.3 is 9.88 Å². The second-order valence-electron chi connectivity index (χ2n) is 4.21. The Balaban J connectivity index is 1.87. The van der Waals surface area contributed by atoms with E-state index in [1.165, 1.54) is 18.5 Å². The van der Waals surface area contributed by atoms with Gasteiger partial charge in [-0.2, -0.15) is 0 Å². The number of hydrogen-bond acceptors (Lipinski definition) is 2. The summed E-state index contributed by atoms with van der Waals surface area (Å²) in [5.41, 5.74) is 1.27. The highest BCUT2D eigenvalue weighted by Crippen LogP contribution is 2.35. The van der Waals surface area contributed by atoms with Crippen LogP contribution >= 0.6 is 0 Å². The van der Waals surface area contributed by atoms with Gasteiger partial charge in [0.1, 0.15) is 0 Å². The summed E-state index contributed by atoms with van der Waals surface area (Å²) in [7, 11) is 0. The average Bonchev–Trinajstić information content (AvgIpc) is 2.96. The lowest BCUT2D eigenvalue weighted by Gasteiger charge is -2.12. The summed E-state index contributed by atoms with van der Waals surface area (Å²) < 4.78 is 2.27. The molecule has 0 spiro atoms. The van der Waals surface area contributed by atoms with Gasteiger partial charge in [-0.3, -0.25) is 0 Å². The van der Waals surface area contributed by atoms with Crippen molar-refractivity contribution in [3.05, 3.63) is 18.2 Å². The molecule has 2 rings (SSSR count). The van der Waals surface area contributed by atoms with Gasteiger partial charge in [0.25, 0.3) is 0 Å². The second kappa shape index (κ2) is 4.50. The number of imidazole rings is 1. The van der Waals surface area contributed by atoms with Gasteiger partial charge in [-0.15, -0.1) is 12.3 Å². The molecule has 0 aliphatic heterocycles. The first-order chi connectivity index (χ1) is 7.31. The number of aromatic nitrogens is 2. The van der Waals surface area contributed by atoms with Gasteiger partial charge in [0, 0.05) is 31.2 Å². The molecule has 3 nitrogen and oxygen atoms in total. The van der Waals surface area contributed by atoms with E-state index in [4.69, 9.17) is 6.42 Å². The summed E-state index contributed by atoms with van der Waals surface area (Å²) in [6, 6.07) is 1.07. The molecule has 0 aromatic carbocycles. The molecule has 0 bridgehead atoms. The van der Waals surface area contributed by atoms with E-state index in [0.717, 1.165) is 13.0 Å². The van der Waals surface area contributed by atoms with Gasteiger partial charge in [0.05, 0.1) is 12.0 Å². The quantitative estimate of drug-likeness (QED) is 0.738. The van der Waals surface area contributed by atoms with Crippen molar-refractivity contribution in [2.24, 2.45) is 0 Å². The van der Waals surface area contributed by atoms with Crippen molar-refractivity contribution in [3.8, 4) is 12.3 Å². The summed E-state index contributed by atoms with van der Waals surface area (Å²) in [5.74, 6) is 2.66. The van der Waals surface area contributed by atoms with Crippen LogP contribution in [-0.4, -0.2) is 15.6 Å². The summed E-state index contributed by atoms with van der Waals surface area (Å²) in [6.45, 7) is 2.97. The Labute approximate surface area is 90.9 Å². The molecule has 1 fully saturated rings. The maximum atomic E-state index is 5.26. The van der Waals surface area contributed by atoms with E-state index in [2.05, 4.69) is 27.7 Å². The third kappa shape index (κ3) is 2.60. The van der Waals surface area contributed by atoms with Gasteiger partial charge in [-0.05, 0) is 19.8 Å². The number of rotatable bonds is 5. The maximum absolute atomic E-state index is 5.26. The highest BCUT2D eigenvalue weighted by molar-refractivity contribution is 5.03. The Kier molecular flexibility index (Phi) is 3.08. The maximum Gasteiger partial charge on any atom is 0.0951 e. The molecule has 1 N–H and O–H groups in total. The summed E-state index contributed by atoms with van der Waals surface area (Å²) >= 11 is 0. The zero-order chi connectivity index (χ0) is 10.7. The lowest BCUT2D eigenvalue weighted by molar-refractivity contribution is 0.536. The molecule has 1 saturated carbocycles. The molecule has 0 saturated heterocycles. The van der Waals surface area contributed by atoms with Crippen LogP contribution in [0, 0.1) is 12.3 Å². The molecule has 1 atom stereocenters. The van der Waals surface area contributed by atoms with Crippen molar-refractivity contribution in [3.63, 3.8) is 0 Å². The van der Waals surface area contributed by atoms with E-state index in [1.54, 1.807) is 0 Å². The molecule has 80 valence electrons. The van der Waals surface area contributed by atoms with Gasteiger partial charge in [0.2, 0.25) is 0 Å². The predicted octanol–water partition coefficient (Wildman–Crippen LogP) is 1.72. The first-order valence-corrected chi connectivity index (χ1v) is 5.49. The van der Waals surface area contributed by atoms with E-state index in [-0.39, 0.29) is 0 Å². The summed E-state index contributed by atoms with van der Waals surface area (Å²) in [5, 5.41) is 3.41. The van der Waals surface area contributed by atoms with Crippen LogP contribution in [0.3, 0.4) is 0 Å². The number of nitrogens with zero attached hydrogens (tertiary/aromatic N) is 2. The smallest absolute Gasteiger partial charge is 0.0951 e. The monoisotopic (exact) mass is 203 g/mol. The fourth-order valence-electron chi connectivity index (χ4n) is 1.68. The second-order valence-corrected chi connectivity index (χ2v) is 4.21. The average molecular weight is 203 g/mol. The molecule has 0 radical (unpaired) electrons. The van der Waals surface area contributed by atoms with Crippen molar-refractivity contribution in [2.45, 2.75) is 44.8 Å². The largest absolute Gasteiger partial charge is 0.330 e. The molecule has 15 heavy (non-hydrogen) atoms. The van der Waals surface area contributed by atoms with Gasteiger partial charge in [0.15, 0.2) is 0 Å². The van der Waals surface area contributed by atoms with Gasteiger partial charge in [-0.1, -0.05) is 0 Å². The topological polar surface area (TPSA) is 29.9 Å². The van der Waals surface area contributed by atoms with Gasteiger partial charge in [-0.25, -0.2) is 4.98 Å². The van der Waals surface area contributed by atoms with E-state index >= 15 is 0 Å². The Hall–Kier alpha value is -1.27. The summed E-state index contributed by atoms with van der Waals surface area (Å²) in [6.07, 6.45) is 12.5. The molecule has 1 aliphatic rings. The van der Waals surface area contributed by atoms with E-state index in [9.17, 15) is 0 Å². The fourth-order valence-corrected chi connectivity index (χ4v) is 1.68. The number of terminal acetylenes is 1. The first kappa shape index (κ1) is 10.3. The Bertz CT molecular complexity index is 357. The van der Waals surface area contributed by atoms with Crippen molar-refractivity contribution < 1.29 is 0 Å². The third-order valence-electron chi connectivity index (χ3n) is 2.74. The van der Waals surface area contributed by atoms with Crippen LogP contribution in [0.25, 0.3) is 0 Å². The molecular formula is C12H17N3. The van der Waals surface area contributed by atoms with Crippen molar-refractivity contribution in [1.29, 1.82) is 0 Å². The molecule has 1 aromatic heterocycles. The molecule has 1 unspecified atom stereocenters. The van der Waals surface area contributed by atoms with E-state index < -0.39 is 0 Å². The minimum atomic E-state index is 0.373. The van der Waals surface area contributed by atoms with Crippen molar-refractivity contribution in [2.75, 3.05) is 0 Å². The number of nitrogens with one attached hydrogen (secondary N) is 1. The normalized spacial score (nSPS) is 17.3. The molecular weight excluding hydrogens is 186 g/mol. The van der Waals surface area contributed by atoms with Crippen LogP contribution in [-0.2, 0) is 6.54 Å². The summed E-state index contributed by atoms with van der Waals surface area (Å²) in [4.78, 5) is 4.19. The standard InChI is InChI=1S/C12H17N3/c1-3-4-10(2)14-8-12-7-13-9-15(12)11-5-6-11/h1,7,9-11,14H,4-6,8H2,2H3. The van der Waals surface area contributed by atoms with Crippen LogP contribution in [0.4, 0.5) is 0 Å². The first-order valence-electron chi connectivity index (χ1n) is 5.49. The van der Waals surface area contributed by atoms with Crippen LogP contribution in [0.2, 0.25) is 0 Å². The zero-order valence-electron chi connectivity index (χ0n) is 9.11. The molecule has 1 aromatic rings. The lowest BCUT2D eigenvalue weighted by atomic mass is 10.2. The van der Waals surface area contributed by atoms with E-state index in [1.807, 2.05) is 12.5 Å². The SMILES string of the molecule is C#CCC(C)NCc1cncn1C1CC1. The minimum Gasteiger partial charge on any atom is -0.330 e. The molecule has 0 amide bonds. The van der Waals surface area contributed by atoms with Gasteiger partial charge >= 0.3 is 0 Å². The van der Waals surface area contributed by atoms with Crippen LogP contribution < -0.4 is 5.32 Å². The lowest BCUT2D eigenvalue weighted by Crippen LogP contribution is -2.25. The fraction of sp³-hybridized carbons (Fsp3) is 0.583. The van der Waals surface area contributed by atoms with Crippen LogP contribution in [0.1, 0.15) is 37.9 Å². The molecule has 1 heterocycles. The zero-order valence-corrected chi connectivity index (χ0v) is 9.11. The third-order valence-corrected chi connectivity index (χ3v) is 2.74. The molecule has 3 heteroatoms. The Morgan fingerprint density at radius 3 is 3.20 bits per heavy atom. The minimum absolute atomic E-state index is 0.373. The van der Waals surface area contributed by atoms with Crippen molar-refractivity contribution >= 4 is 0 Å². The Morgan fingerprint density at radius 1 is 1.73 bits per heavy atom.